The summed E-state index contributed by atoms with van der Waals surface area (Å²) < 4.78 is 37.5. The van der Waals surface area contributed by atoms with Crippen molar-refractivity contribution in [2.24, 2.45) is 11.7 Å². The number of carbonyl (C=O) groups is 1. The molecule has 1 aromatic heterocycles. The molecule has 1 atom stereocenters. The Morgan fingerprint density at radius 2 is 1.93 bits per heavy atom. The lowest BCUT2D eigenvalue weighted by atomic mass is 9.93. The van der Waals surface area contributed by atoms with E-state index in [2.05, 4.69) is 15.0 Å². The zero-order valence-corrected chi connectivity index (χ0v) is 17.0. The summed E-state index contributed by atoms with van der Waals surface area (Å²) in [5.41, 5.74) is 6.53. The molecule has 0 spiro atoms. The van der Waals surface area contributed by atoms with Crippen LogP contribution in [0.4, 0.5) is 19.4 Å². The number of alkyl halides is 2. The van der Waals surface area contributed by atoms with Gasteiger partial charge in [0.15, 0.2) is 0 Å². The van der Waals surface area contributed by atoms with E-state index in [0.717, 1.165) is 0 Å². The lowest BCUT2D eigenvalue weighted by molar-refractivity contribution is 0.140. The third-order valence-corrected chi connectivity index (χ3v) is 4.19. The molecule has 8 heteroatoms. The van der Waals surface area contributed by atoms with Crippen LogP contribution in [0.15, 0.2) is 36.5 Å². The molecule has 0 saturated carbocycles. The first kappa shape index (κ1) is 22.5. The number of hydrogen-bond acceptors (Lipinski definition) is 5. The first-order valence-corrected chi connectivity index (χ1v) is 9.26. The van der Waals surface area contributed by atoms with Gasteiger partial charge in [-0.3, -0.25) is 5.32 Å². The summed E-state index contributed by atoms with van der Waals surface area (Å²) in [6.45, 7) is 6.06. The molecule has 1 heterocycles. The van der Waals surface area contributed by atoms with Crippen molar-refractivity contribution in [1.82, 2.24) is 4.98 Å². The number of nitrogens with two attached hydrogens (primary N) is 1. The van der Waals surface area contributed by atoms with Crippen molar-refractivity contribution in [2.45, 2.75) is 39.2 Å². The highest BCUT2D eigenvalue weighted by molar-refractivity contribution is 5.84. The molecule has 0 fully saturated rings. The minimum atomic E-state index is -2.71. The normalized spacial score (nSPS) is 13.3. The quantitative estimate of drug-likeness (QED) is 0.643. The van der Waals surface area contributed by atoms with Gasteiger partial charge in [0, 0.05) is 11.7 Å². The maximum atomic E-state index is 13.7. The summed E-state index contributed by atoms with van der Waals surface area (Å²) in [6.07, 6.45) is -1.20. The Bertz CT molecular complexity index is 842. The molecule has 1 unspecified atom stereocenters. The lowest BCUT2D eigenvalue weighted by Gasteiger charge is -2.27. The van der Waals surface area contributed by atoms with Crippen molar-refractivity contribution >= 4 is 11.9 Å². The minimum absolute atomic E-state index is 0.103. The molecule has 2 aromatic rings. The Kier molecular flexibility index (Phi) is 7.50. The van der Waals surface area contributed by atoms with Crippen molar-refractivity contribution < 1.29 is 23.0 Å². The number of nitrogens with zero attached hydrogens (tertiary/aromatic N) is 1. The fourth-order valence-corrected chi connectivity index (χ4v) is 3.10. The van der Waals surface area contributed by atoms with E-state index < -0.39 is 18.1 Å². The highest BCUT2D eigenvalue weighted by atomic mass is 19.3. The number of nitrogens with one attached hydrogen (secondary N) is 1. The summed E-state index contributed by atoms with van der Waals surface area (Å²) in [5, 5.41) is 2.44. The molecule has 29 heavy (non-hydrogen) atoms. The van der Waals surface area contributed by atoms with E-state index in [1.165, 1.54) is 25.4 Å². The Balaban J connectivity index is 2.26. The lowest BCUT2D eigenvalue weighted by Crippen LogP contribution is -2.43. The molecule has 6 nitrogen and oxygen atoms in total. The van der Waals surface area contributed by atoms with Gasteiger partial charge < -0.3 is 15.2 Å². The van der Waals surface area contributed by atoms with Crippen LogP contribution >= 0.6 is 0 Å². The van der Waals surface area contributed by atoms with Crippen LogP contribution in [0.5, 0.6) is 5.75 Å². The van der Waals surface area contributed by atoms with E-state index in [1.54, 1.807) is 18.2 Å². The average Bonchev–Trinajstić information content (AvgIpc) is 2.65. The van der Waals surface area contributed by atoms with Gasteiger partial charge in [-0.15, -0.1) is 0 Å². The van der Waals surface area contributed by atoms with Crippen LogP contribution in [0.3, 0.4) is 0 Å². The molecule has 0 radical (unpaired) electrons. The minimum Gasteiger partial charge on any atom is -0.491 e. The molecule has 0 saturated heterocycles. The molecular weight excluding hydrogens is 380 g/mol. The summed E-state index contributed by atoms with van der Waals surface area (Å²) >= 11 is 0. The second kappa shape index (κ2) is 9.65. The number of rotatable bonds is 8. The first-order valence-electron chi connectivity index (χ1n) is 9.26. The molecule has 2 rings (SSSR count). The van der Waals surface area contributed by atoms with Gasteiger partial charge in [0.1, 0.15) is 18.2 Å². The molecule has 0 aliphatic heterocycles. The van der Waals surface area contributed by atoms with Gasteiger partial charge >= 0.3 is 6.09 Å². The maximum absolute atomic E-state index is 13.7. The van der Waals surface area contributed by atoms with Gasteiger partial charge in [-0.2, -0.15) is 0 Å². The summed E-state index contributed by atoms with van der Waals surface area (Å²) in [7, 11) is 1.24. The number of aromatic nitrogens is 1. The Labute approximate surface area is 169 Å². The van der Waals surface area contributed by atoms with E-state index in [1.807, 2.05) is 20.8 Å². The van der Waals surface area contributed by atoms with E-state index in [4.69, 9.17) is 10.5 Å². The third kappa shape index (κ3) is 6.67. The van der Waals surface area contributed by atoms with Crippen LogP contribution in [0.2, 0.25) is 0 Å². The molecule has 0 aliphatic rings. The van der Waals surface area contributed by atoms with Gasteiger partial charge in [-0.1, -0.05) is 19.9 Å². The van der Waals surface area contributed by atoms with Crippen LogP contribution in [0.25, 0.3) is 11.1 Å². The number of benzene rings is 1. The van der Waals surface area contributed by atoms with Crippen LogP contribution in [0.1, 0.15) is 39.2 Å². The van der Waals surface area contributed by atoms with Crippen LogP contribution < -0.4 is 15.8 Å². The predicted octanol–water partition coefficient (Wildman–Crippen LogP) is 5.01. The third-order valence-electron chi connectivity index (χ3n) is 4.19. The number of halogens is 2. The zero-order valence-electron chi connectivity index (χ0n) is 17.0. The number of ether oxygens (including phenoxy) is 2. The molecule has 3 N–H and O–H groups in total. The second-order valence-corrected chi connectivity index (χ2v) is 7.64. The first-order chi connectivity index (χ1) is 13.6. The van der Waals surface area contributed by atoms with Crippen molar-refractivity contribution in [1.29, 1.82) is 0 Å². The molecule has 158 valence electrons. The van der Waals surface area contributed by atoms with E-state index in [9.17, 15) is 13.6 Å². The topological polar surface area (TPSA) is 86.5 Å². The fraction of sp³-hybridized carbons (Fsp3) is 0.429. The van der Waals surface area contributed by atoms with Crippen molar-refractivity contribution in [3.63, 3.8) is 0 Å². The standard InChI is InChI=1S/C21H27F2N3O3/c1-13(2)11-21(3,24)12-29-17-6-5-14(9-16(17)19(22)23)15-7-8-25-18(10-15)26-20(27)28-4/h5-10,13,19H,11-12,24H2,1-4H3,(H,25,26,27). The predicted molar refractivity (Wildman–Crippen MR) is 108 cm³/mol. The van der Waals surface area contributed by atoms with Gasteiger partial charge in [0.2, 0.25) is 0 Å². The SMILES string of the molecule is COC(=O)Nc1cc(-c2ccc(OCC(C)(N)CC(C)C)c(C(F)F)c2)ccn1. The number of hydrogen-bond donors (Lipinski definition) is 2. The van der Waals surface area contributed by atoms with Crippen molar-refractivity contribution in [3.8, 4) is 16.9 Å². The second-order valence-electron chi connectivity index (χ2n) is 7.64. The van der Waals surface area contributed by atoms with Gasteiger partial charge in [-0.25, -0.2) is 18.6 Å². The van der Waals surface area contributed by atoms with E-state index in [-0.39, 0.29) is 23.7 Å². The highest BCUT2D eigenvalue weighted by Gasteiger charge is 2.23. The molecule has 1 amide bonds. The summed E-state index contributed by atoms with van der Waals surface area (Å²) in [4.78, 5) is 15.3. The van der Waals surface area contributed by atoms with E-state index >= 15 is 0 Å². The number of carbonyl (C=O) groups excluding carboxylic acids is 1. The van der Waals surface area contributed by atoms with Crippen molar-refractivity contribution in [3.05, 3.63) is 42.1 Å². The Hall–Kier alpha value is -2.74. The van der Waals surface area contributed by atoms with E-state index in [0.29, 0.717) is 23.5 Å². The molecule has 1 aromatic carbocycles. The average molecular weight is 407 g/mol. The number of anilines is 1. The Morgan fingerprint density at radius 3 is 2.55 bits per heavy atom. The van der Waals surface area contributed by atoms with Crippen molar-refractivity contribution in [2.75, 3.05) is 19.0 Å². The maximum Gasteiger partial charge on any atom is 0.412 e. The number of pyridine rings is 1. The fourth-order valence-electron chi connectivity index (χ4n) is 3.10. The summed E-state index contributed by atoms with van der Waals surface area (Å²) in [5.74, 6) is 0.719. The largest absolute Gasteiger partial charge is 0.491 e. The van der Waals surface area contributed by atoms with Crippen LogP contribution in [-0.2, 0) is 4.74 Å². The number of amides is 1. The molecule has 0 aliphatic carbocycles. The zero-order chi connectivity index (χ0) is 21.6. The van der Waals surface area contributed by atoms with Gasteiger partial charge in [0.05, 0.1) is 12.7 Å². The van der Waals surface area contributed by atoms with Crippen LogP contribution in [-0.4, -0.2) is 30.3 Å². The Morgan fingerprint density at radius 1 is 1.24 bits per heavy atom. The smallest absolute Gasteiger partial charge is 0.412 e. The summed E-state index contributed by atoms with van der Waals surface area (Å²) in [6, 6.07) is 7.78. The number of methoxy groups -OCH3 is 1. The monoisotopic (exact) mass is 407 g/mol. The molecular formula is C21H27F2N3O3. The highest BCUT2D eigenvalue weighted by Crippen LogP contribution is 2.34. The van der Waals surface area contributed by atoms with Gasteiger partial charge in [-0.05, 0) is 54.7 Å². The van der Waals surface area contributed by atoms with Gasteiger partial charge in [0.25, 0.3) is 6.43 Å². The molecule has 0 bridgehead atoms. The van der Waals surface area contributed by atoms with Crippen LogP contribution in [0, 0.1) is 5.92 Å².